The van der Waals surface area contributed by atoms with Crippen LogP contribution in [0.25, 0.3) is 32.7 Å². The average molecular weight is 407 g/mol. The van der Waals surface area contributed by atoms with Gasteiger partial charge in [0.15, 0.2) is 0 Å². The highest BCUT2D eigenvalue weighted by Crippen LogP contribution is 2.31. The third-order valence-electron chi connectivity index (χ3n) is 4.13. The predicted octanol–water partition coefficient (Wildman–Crippen LogP) is 5.43. The molecule has 0 bridgehead atoms. The number of aromatic nitrogens is 2. The van der Waals surface area contributed by atoms with Gasteiger partial charge >= 0.3 is 0 Å². The highest BCUT2D eigenvalue weighted by molar-refractivity contribution is 7.99. The molecular formula is C20H13N3O3S2. The van der Waals surface area contributed by atoms with Crippen LogP contribution in [0.1, 0.15) is 0 Å². The van der Waals surface area contributed by atoms with Crippen molar-refractivity contribution in [2.45, 2.75) is 5.22 Å². The van der Waals surface area contributed by atoms with Crippen molar-refractivity contribution < 1.29 is 13.6 Å². The number of fused-ring (bicyclic) bond motifs is 3. The zero-order chi connectivity index (χ0) is 18.9. The Bertz CT molecular complexity index is 1270. The molecule has 1 N–H and O–H groups in total. The van der Waals surface area contributed by atoms with Crippen LogP contribution in [0.4, 0.5) is 5.69 Å². The molecule has 2 aromatic carbocycles. The molecule has 138 valence electrons. The first-order valence-corrected chi connectivity index (χ1v) is 10.3. The molecule has 0 radical (unpaired) electrons. The summed E-state index contributed by atoms with van der Waals surface area (Å²) in [5.74, 6) is 0.499. The molecule has 0 spiro atoms. The lowest BCUT2D eigenvalue weighted by Crippen LogP contribution is -2.13. The largest absolute Gasteiger partial charge is 0.456 e. The Hall–Kier alpha value is -3.10. The summed E-state index contributed by atoms with van der Waals surface area (Å²) in [4.78, 5) is 13.2. The number of carbonyl (C=O) groups excluding carboxylic acids is 1. The minimum Gasteiger partial charge on any atom is -0.456 e. The van der Waals surface area contributed by atoms with Gasteiger partial charge in [-0.2, -0.15) is 0 Å². The number of benzene rings is 2. The van der Waals surface area contributed by atoms with Crippen molar-refractivity contribution in [1.29, 1.82) is 0 Å². The third-order valence-corrected chi connectivity index (χ3v) is 5.80. The van der Waals surface area contributed by atoms with Crippen LogP contribution in [0.2, 0.25) is 0 Å². The van der Waals surface area contributed by atoms with Crippen LogP contribution in [0.3, 0.4) is 0 Å². The molecule has 6 nitrogen and oxygen atoms in total. The Morgan fingerprint density at radius 1 is 1.00 bits per heavy atom. The zero-order valence-corrected chi connectivity index (χ0v) is 16.0. The SMILES string of the molecule is O=C(CSc1nnc(-c2cccs2)o1)Nc1ccc2oc3ccccc3c2c1. The maximum Gasteiger partial charge on any atom is 0.277 e. The first-order chi connectivity index (χ1) is 13.8. The van der Waals surface area contributed by atoms with Crippen LogP contribution >= 0.6 is 23.1 Å². The fraction of sp³-hybridized carbons (Fsp3) is 0.0500. The third kappa shape index (κ3) is 3.28. The first-order valence-electron chi connectivity index (χ1n) is 8.47. The fourth-order valence-electron chi connectivity index (χ4n) is 2.90. The summed E-state index contributed by atoms with van der Waals surface area (Å²) in [5, 5.41) is 15.2. The van der Waals surface area contributed by atoms with Gasteiger partial charge in [-0.3, -0.25) is 4.79 Å². The quantitative estimate of drug-likeness (QED) is 0.391. The summed E-state index contributed by atoms with van der Waals surface area (Å²) in [7, 11) is 0. The Balaban J connectivity index is 1.27. The number of carbonyl (C=O) groups is 1. The summed E-state index contributed by atoms with van der Waals surface area (Å²) in [6.07, 6.45) is 0. The number of thioether (sulfide) groups is 1. The van der Waals surface area contributed by atoms with E-state index < -0.39 is 0 Å². The number of amides is 1. The van der Waals surface area contributed by atoms with Crippen LogP contribution in [-0.4, -0.2) is 21.9 Å². The topological polar surface area (TPSA) is 81.2 Å². The summed E-state index contributed by atoms with van der Waals surface area (Å²) in [6.45, 7) is 0. The van der Waals surface area contributed by atoms with Gasteiger partial charge in [-0.05, 0) is 35.7 Å². The molecule has 3 heterocycles. The van der Waals surface area contributed by atoms with E-state index in [1.165, 1.54) is 23.1 Å². The second-order valence-electron chi connectivity index (χ2n) is 6.00. The molecule has 28 heavy (non-hydrogen) atoms. The number of hydrogen-bond acceptors (Lipinski definition) is 7. The highest BCUT2D eigenvalue weighted by Gasteiger charge is 2.13. The van der Waals surface area contributed by atoms with Gasteiger partial charge < -0.3 is 14.2 Å². The van der Waals surface area contributed by atoms with Crippen molar-refractivity contribution in [2.75, 3.05) is 11.1 Å². The summed E-state index contributed by atoms with van der Waals surface area (Å²) in [6, 6.07) is 17.3. The molecule has 5 aromatic rings. The molecule has 5 rings (SSSR count). The molecule has 0 atom stereocenters. The van der Waals surface area contributed by atoms with Crippen molar-refractivity contribution in [2.24, 2.45) is 0 Å². The van der Waals surface area contributed by atoms with Crippen LogP contribution < -0.4 is 5.32 Å². The van der Waals surface area contributed by atoms with Gasteiger partial charge in [0.2, 0.25) is 5.91 Å². The Labute approximate surface area is 167 Å². The average Bonchev–Trinajstić information content (AvgIpc) is 3.45. The van der Waals surface area contributed by atoms with E-state index in [4.69, 9.17) is 8.83 Å². The molecular weight excluding hydrogens is 394 g/mol. The second kappa shape index (κ2) is 7.14. The molecule has 0 aliphatic carbocycles. The van der Waals surface area contributed by atoms with E-state index in [0.29, 0.717) is 11.1 Å². The second-order valence-corrected chi connectivity index (χ2v) is 7.87. The van der Waals surface area contributed by atoms with Gasteiger partial charge in [-0.25, -0.2) is 0 Å². The summed E-state index contributed by atoms with van der Waals surface area (Å²) >= 11 is 2.73. The van der Waals surface area contributed by atoms with Crippen LogP contribution in [0.15, 0.2) is 74.0 Å². The van der Waals surface area contributed by atoms with E-state index in [1.807, 2.05) is 60.0 Å². The van der Waals surface area contributed by atoms with Gasteiger partial charge in [-0.15, -0.1) is 21.5 Å². The van der Waals surface area contributed by atoms with E-state index in [1.54, 1.807) is 0 Å². The summed E-state index contributed by atoms with van der Waals surface area (Å²) < 4.78 is 11.4. The van der Waals surface area contributed by atoms with Crippen molar-refractivity contribution >= 4 is 56.6 Å². The van der Waals surface area contributed by atoms with Gasteiger partial charge in [0.25, 0.3) is 11.1 Å². The molecule has 8 heteroatoms. The van der Waals surface area contributed by atoms with E-state index in [-0.39, 0.29) is 11.7 Å². The Morgan fingerprint density at radius 3 is 2.79 bits per heavy atom. The fourth-order valence-corrected chi connectivity index (χ4v) is 4.10. The highest BCUT2D eigenvalue weighted by atomic mass is 32.2. The Kier molecular flexibility index (Phi) is 4.34. The van der Waals surface area contributed by atoms with Crippen molar-refractivity contribution in [3.05, 3.63) is 60.0 Å². The summed E-state index contributed by atoms with van der Waals surface area (Å²) in [5.41, 5.74) is 2.34. The molecule has 0 saturated carbocycles. The number of nitrogens with zero attached hydrogens (tertiary/aromatic N) is 2. The van der Waals surface area contributed by atoms with Gasteiger partial charge in [0.05, 0.1) is 10.6 Å². The first kappa shape index (κ1) is 17.0. The lowest BCUT2D eigenvalue weighted by molar-refractivity contribution is -0.113. The van der Waals surface area contributed by atoms with E-state index >= 15 is 0 Å². The van der Waals surface area contributed by atoms with E-state index in [0.717, 1.165) is 32.5 Å². The van der Waals surface area contributed by atoms with Crippen LogP contribution in [0, 0.1) is 0 Å². The number of para-hydroxylation sites is 1. The molecule has 0 saturated heterocycles. The lowest BCUT2D eigenvalue weighted by Gasteiger charge is -2.04. The zero-order valence-electron chi connectivity index (χ0n) is 14.4. The van der Waals surface area contributed by atoms with Crippen LogP contribution in [0.5, 0.6) is 0 Å². The van der Waals surface area contributed by atoms with Crippen molar-refractivity contribution in [3.8, 4) is 10.8 Å². The monoisotopic (exact) mass is 407 g/mol. The number of anilines is 1. The molecule has 0 unspecified atom stereocenters. The molecule has 0 aliphatic heterocycles. The number of furan rings is 1. The number of hydrogen-bond donors (Lipinski definition) is 1. The smallest absolute Gasteiger partial charge is 0.277 e. The van der Waals surface area contributed by atoms with Gasteiger partial charge in [-0.1, -0.05) is 36.0 Å². The number of nitrogens with one attached hydrogen (secondary N) is 1. The lowest BCUT2D eigenvalue weighted by atomic mass is 10.1. The minimum absolute atomic E-state index is 0.145. The van der Waals surface area contributed by atoms with E-state index in [9.17, 15) is 4.79 Å². The molecule has 0 fully saturated rings. The maximum absolute atomic E-state index is 12.3. The van der Waals surface area contributed by atoms with Gasteiger partial charge in [0.1, 0.15) is 11.2 Å². The minimum atomic E-state index is -0.145. The van der Waals surface area contributed by atoms with Crippen molar-refractivity contribution in [3.63, 3.8) is 0 Å². The normalized spacial score (nSPS) is 11.3. The standard InChI is InChI=1S/C20H13N3O3S2/c24-18(11-28-20-23-22-19(26-20)17-6-3-9-27-17)21-12-7-8-16-14(10-12)13-4-1-2-5-15(13)25-16/h1-10H,11H2,(H,21,24). The molecule has 3 aromatic heterocycles. The Morgan fingerprint density at radius 2 is 1.89 bits per heavy atom. The number of rotatable bonds is 5. The van der Waals surface area contributed by atoms with Crippen LogP contribution in [-0.2, 0) is 4.79 Å². The predicted molar refractivity (Wildman–Crippen MR) is 111 cm³/mol. The molecule has 1 amide bonds. The molecule has 0 aliphatic rings. The van der Waals surface area contributed by atoms with E-state index in [2.05, 4.69) is 15.5 Å². The number of thiophene rings is 1. The van der Waals surface area contributed by atoms with Crippen molar-refractivity contribution in [1.82, 2.24) is 10.2 Å². The van der Waals surface area contributed by atoms with Gasteiger partial charge in [0, 0.05) is 16.5 Å². The maximum atomic E-state index is 12.3.